The molecule has 1 N–H and O–H groups in total. The van der Waals surface area contributed by atoms with Crippen LogP contribution in [0.3, 0.4) is 0 Å². The van der Waals surface area contributed by atoms with E-state index in [1.807, 2.05) is 0 Å². The van der Waals surface area contributed by atoms with Crippen molar-refractivity contribution >= 4 is 0 Å². The van der Waals surface area contributed by atoms with Gasteiger partial charge < -0.3 is 9.72 Å². The van der Waals surface area contributed by atoms with Gasteiger partial charge in [-0.05, 0) is 44.9 Å². The van der Waals surface area contributed by atoms with Crippen LogP contribution in [0.2, 0.25) is 0 Å². The smallest absolute Gasteiger partial charge is 0.254 e. The zero-order valence-corrected chi connectivity index (χ0v) is 10.7. The Bertz CT molecular complexity index is 475. The van der Waals surface area contributed by atoms with E-state index in [0.717, 1.165) is 68.6 Å². The number of nitrogens with one attached hydrogen (secondary N) is 1. The lowest BCUT2D eigenvalue weighted by Gasteiger charge is -2.22. The molecule has 0 saturated carbocycles. The Kier molecular flexibility index (Phi) is 3.46. The molecule has 1 aliphatic carbocycles. The summed E-state index contributed by atoms with van der Waals surface area (Å²) in [6.45, 7) is 0.847. The van der Waals surface area contributed by atoms with Crippen molar-refractivity contribution in [3.63, 3.8) is 0 Å². The summed E-state index contributed by atoms with van der Waals surface area (Å²) in [6.07, 6.45) is 8.57. The van der Waals surface area contributed by atoms with Crippen molar-refractivity contribution in [3.8, 4) is 0 Å². The van der Waals surface area contributed by atoms with Gasteiger partial charge in [0.15, 0.2) is 0 Å². The van der Waals surface area contributed by atoms with E-state index in [1.54, 1.807) is 0 Å². The van der Waals surface area contributed by atoms with Crippen LogP contribution in [0.15, 0.2) is 4.79 Å². The van der Waals surface area contributed by atoms with E-state index in [9.17, 15) is 4.79 Å². The van der Waals surface area contributed by atoms with Crippen LogP contribution in [0.25, 0.3) is 0 Å². The highest BCUT2D eigenvalue weighted by atomic mass is 16.5. The summed E-state index contributed by atoms with van der Waals surface area (Å²) < 4.78 is 5.70. The standard InChI is InChI=1S/C14H20N2O2/c17-14-11-6-1-2-7-12(11)15-13(16-14)9-10-5-3-4-8-18-10/h10H,1-9H2,(H,15,16,17). The highest BCUT2D eigenvalue weighted by Crippen LogP contribution is 2.18. The number of rotatable bonds is 2. The topological polar surface area (TPSA) is 55.0 Å². The molecule has 0 aromatic carbocycles. The highest BCUT2D eigenvalue weighted by Gasteiger charge is 2.19. The first-order valence-electron chi connectivity index (χ1n) is 7.05. The third kappa shape index (κ3) is 2.48. The summed E-state index contributed by atoms with van der Waals surface area (Å²) in [5.41, 5.74) is 2.01. The molecule has 0 radical (unpaired) electrons. The Morgan fingerprint density at radius 1 is 1.22 bits per heavy atom. The lowest BCUT2D eigenvalue weighted by Crippen LogP contribution is -2.27. The molecule has 2 aliphatic rings. The maximum absolute atomic E-state index is 12.0. The second kappa shape index (κ2) is 5.22. The molecule has 4 nitrogen and oxygen atoms in total. The molecule has 2 heterocycles. The number of H-pyrrole nitrogens is 1. The molecule has 0 spiro atoms. The molecule has 1 fully saturated rings. The van der Waals surface area contributed by atoms with Crippen LogP contribution in [-0.2, 0) is 24.0 Å². The normalized spacial score (nSPS) is 23.7. The first-order chi connectivity index (χ1) is 8.83. The van der Waals surface area contributed by atoms with Gasteiger partial charge in [-0.25, -0.2) is 4.98 Å². The Balaban J connectivity index is 1.80. The van der Waals surface area contributed by atoms with E-state index < -0.39 is 0 Å². The number of hydrogen-bond acceptors (Lipinski definition) is 3. The van der Waals surface area contributed by atoms with Gasteiger partial charge in [0.05, 0.1) is 11.8 Å². The van der Waals surface area contributed by atoms with E-state index in [2.05, 4.69) is 9.97 Å². The SMILES string of the molecule is O=c1[nH]c(CC2CCCCO2)nc2c1CCCC2. The third-order valence-electron chi connectivity index (χ3n) is 3.94. The molecular formula is C14H20N2O2. The first-order valence-corrected chi connectivity index (χ1v) is 7.05. The van der Waals surface area contributed by atoms with Crippen LogP contribution in [0.4, 0.5) is 0 Å². The minimum absolute atomic E-state index is 0.0745. The van der Waals surface area contributed by atoms with Crippen molar-refractivity contribution in [1.82, 2.24) is 9.97 Å². The van der Waals surface area contributed by atoms with Gasteiger partial charge in [0.1, 0.15) is 5.82 Å². The number of nitrogens with zero attached hydrogens (tertiary/aromatic N) is 1. The number of aromatic amines is 1. The van der Waals surface area contributed by atoms with Gasteiger partial charge in [-0.3, -0.25) is 4.79 Å². The predicted octanol–water partition coefficient (Wildman–Crippen LogP) is 1.76. The predicted molar refractivity (Wildman–Crippen MR) is 68.8 cm³/mol. The van der Waals surface area contributed by atoms with Crippen LogP contribution >= 0.6 is 0 Å². The summed E-state index contributed by atoms with van der Waals surface area (Å²) in [7, 11) is 0. The van der Waals surface area contributed by atoms with Crippen LogP contribution in [0.1, 0.15) is 49.2 Å². The molecule has 98 valence electrons. The van der Waals surface area contributed by atoms with E-state index >= 15 is 0 Å². The van der Waals surface area contributed by atoms with Crippen molar-refractivity contribution in [3.05, 3.63) is 27.4 Å². The van der Waals surface area contributed by atoms with E-state index in [1.165, 1.54) is 6.42 Å². The molecule has 3 rings (SSSR count). The summed E-state index contributed by atoms with van der Waals surface area (Å²) >= 11 is 0. The van der Waals surface area contributed by atoms with E-state index in [4.69, 9.17) is 4.74 Å². The van der Waals surface area contributed by atoms with Crippen LogP contribution in [0, 0.1) is 0 Å². The average molecular weight is 248 g/mol. The molecule has 1 aromatic heterocycles. The molecule has 0 bridgehead atoms. The zero-order chi connectivity index (χ0) is 12.4. The second-order valence-corrected chi connectivity index (χ2v) is 5.34. The number of fused-ring (bicyclic) bond motifs is 1. The molecule has 0 amide bonds. The monoisotopic (exact) mass is 248 g/mol. The molecule has 1 atom stereocenters. The third-order valence-corrected chi connectivity index (χ3v) is 3.94. The van der Waals surface area contributed by atoms with Crippen LogP contribution in [0.5, 0.6) is 0 Å². The van der Waals surface area contributed by atoms with E-state index in [-0.39, 0.29) is 11.7 Å². The van der Waals surface area contributed by atoms with E-state index in [0.29, 0.717) is 0 Å². The lowest BCUT2D eigenvalue weighted by atomic mass is 9.97. The molecule has 1 aliphatic heterocycles. The van der Waals surface area contributed by atoms with Crippen molar-refractivity contribution in [1.29, 1.82) is 0 Å². The van der Waals surface area contributed by atoms with Gasteiger partial charge in [-0.2, -0.15) is 0 Å². The molecule has 1 unspecified atom stereocenters. The lowest BCUT2D eigenvalue weighted by molar-refractivity contribution is 0.0155. The van der Waals surface area contributed by atoms with Gasteiger partial charge >= 0.3 is 0 Å². The van der Waals surface area contributed by atoms with Gasteiger partial charge in [-0.15, -0.1) is 0 Å². The molecule has 1 aromatic rings. The van der Waals surface area contributed by atoms with Gasteiger partial charge in [0, 0.05) is 18.6 Å². The van der Waals surface area contributed by atoms with Crippen LogP contribution < -0.4 is 5.56 Å². The Labute approximate surface area is 107 Å². The molecule has 4 heteroatoms. The quantitative estimate of drug-likeness (QED) is 0.867. The van der Waals surface area contributed by atoms with Gasteiger partial charge in [-0.1, -0.05) is 0 Å². The molecular weight excluding hydrogens is 228 g/mol. The van der Waals surface area contributed by atoms with Crippen molar-refractivity contribution in [2.24, 2.45) is 0 Å². The number of hydrogen-bond donors (Lipinski definition) is 1. The zero-order valence-electron chi connectivity index (χ0n) is 10.7. The van der Waals surface area contributed by atoms with Crippen LogP contribution in [-0.4, -0.2) is 22.7 Å². The summed E-state index contributed by atoms with van der Waals surface area (Å²) in [5.74, 6) is 0.813. The number of aromatic nitrogens is 2. The summed E-state index contributed by atoms with van der Waals surface area (Å²) in [6, 6.07) is 0. The largest absolute Gasteiger partial charge is 0.378 e. The Morgan fingerprint density at radius 2 is 2.11 bits per heavy atom. The first kappa shape index (κ1) is 11.9. The van der Waals surface area contributed by atoms with Crippen molar-refractivity contribution < 1.29 is 4.74 Å². The maximum Gasteiger partial charge on any atom is 0.254 e. The minimum atomic E-state index is 0.0745. The Hall–Kier alpha value is -1.16. The fourth-order valence-electron chi connectivity index (χ4n) is 2.94. The second-order valence-electron chi connectivity index (χ2n) is 5.34. The fourth-order valence-corrected chi connectivity index (χ4v) is 2.94. The number of aryl methyl sites for hydroxylation is 1. The average Bonchev–Trinajstić information content (AvgIpc) is 2.40. The summed E-state index contributed by atoms with van der Waals surface area (Å²) in [5, 5.41) is 0. The van der Waals surface area contributed by atoms with Gasteiger partial charge in [0.2, 0.25) is 0 Å². The van der Waals surface area contributed by atoms with Crippen molar-refractivity contribution in [2.75, 3.05) is 6.61 Å². The number of ether oxygens (including phenoxy) is 1. The van der Waals surface area contributed by atoms with Gasteiger partial charge in [0.25, 0.3) is 5.56 Å². The Morgan fingerprint density at radius 3 is 2.94 bits per heavy atom. The fraction of sp³-hybridized carbons (Fsp3) is 0.714. The highest BCUT2D eigenvalue weighted by molar-refractivity contribution is 5.20. The minimum Gasteiger partial charge on any atom is -0.378 e. The van der Waals surface area contributed by atoms with Crippen molar-refractivity contribution in [2.45, 2.75) is 57.5 Å². The molecule has 18 heavy (non-hydrogen) atoms. The summed E-state index contributed by atoms with van der Waals surface area (Å²) in [4.78, 5) is 19.6. The maximum atomic E-state index is 12.0. The molecule has 1 saturated heterocycles.